The van der Waals surface area contributed by atoms with Gasteiger partial charge in [-0.15, -0.1) is 0 Å². The highest BCUT2D eigenvalue weighted by Gasteiger charge is 2.19. The van der Waals surface area contributed by atoms with Crippen molar-refractivity contribution < 1.29 is 9.53 Å². The fraction of sp³-hybridized carbons (Fsp3) is 0.875. The first kappa shape index (κ1) is 8.68. The van der Waals surface area contributed by atoms with Gasteiger partial charge in [-0.3, -0.25) is 9.69 Å². The fourth-order valence-electron chi connectivity index (χ4n) is 1.22. The standard InChI is InChI=1S/C8H15NO2/c1-7(8(2)10)9-3-5-11-6-4-9/h7H,3-6H2,1-2H3/t7-/m0/s1. The average molecular weight is 157 g/mol. The summed E-state index contributed by atoms with van der Waals surface area (Å²) in [6.45, 7) is 6.89. The van der Waals surface area contributed by atoms with Crippen molar-refractivity contribution in [2.75, 3.05) is 26.3 Å². The Bertz CT molecular complexity index is 141. The summed E-state index contributed by atoms with van der Waals surface area (Å²) in [6.07, 6.45) is 0. The molecule has 1 rings (SSSR count). The average Bonchev–Trinajstić information content (AvgIpc) is 2.05. The molecule has 1 atom stereocenters. The highest BCUT2D eigenvalue weighted by molar-refractivity contribution is 5.80. The zero-order chi connectivity index (χ0) is 8.27. The van der Waals surface area contributed by atoms with Crippen LogP contribution >= 0.6 is 0 Å². The predicted molar refractivity (Wildman–Crippen MR) is 42.5 cm³/mol. The van der Waals surface area contributed by atoms with Gasteiger partial charge >= 0.3 is 0 Å². The summed E-state index contributed by atoms with van der Waals surface area (Å²) in [7, 11) is 0. The molecule has 0 aromatic rings. The van der Waals surface area contributed by atoms with E-state index in [-0.39, 0.29) is 11.8 Å². The lowest BCUT2D eigenvalue weighted by Crippen LogP contribution is -2.45. The van der Waals surface area contributed by atoms with Crippen LogP contribution in [0.15, 0.2) is 0 Å². The maximum absolute atomic E-state index is 11.0. The van der Waals surface area contributed by atoms with Crippen molar-refractivity contribution in [2.24, 2.45) is 0 Å². The van der Waals surface area contributed by atoms with E-state index >= 15 is 0 Å². The SMILES string of the molecule is CC(=O)[C@H](C)N1CCOCC1. The van der Waals surface area contributed by atoms with Gasteiger partial charge in [0.1, 0.15) is 5.78 Å². The molecule has 1 fully saturated rings. The van der Waals surface area contributed by atoms with Gasteiger partial charge in [-0.05, 0) is 13.8 Å². The van der Waals surface area contributed by atoms with Gasteiger partial charge in [-0.25, -0.2) is 0 Å². The first-order valence-corrected chi connectivity index (χ1v) is 4.04. The van der Waals surface area contributed by atoms with Crippen molar-refractivity contribution in [1.82, 2.24) is 4.90 Å². The Balaban J connectivity index is 2.38. The molecule has 11 heavy (non-hydrogen) atoms. The van der Waals surface area contributed by atoms with E-state index in [1.807, 2.05) is 6.92 Å². The molecule has 0 aromatic heterocycles. The largest absolute Gasteiger partial charge is 0.379 e. The second-order valence-electron chi connectivity index (χ2n) is 2.93. The number of morpholine rings is 1. The molecule has 0 bridgehead atoms. The van der Waals surface area contributed by atoms with E-state index in [2.05, 4.69) is 4.90 Å². The minimum Gasteiger partial charge on any atom is -0.379 e. The Labute approximate surface area is 67.3 Å². The summed E-state index contributed by atoms with van der Waals surface area (Å²) in [5.41, 5.74) is 0. The molecular weight excluding hydrogens is 142 g/mol. The molecule has 64 valence electrons. The maximum Gasteiger partial charge on any atom is 0.146 e. The number of rotatable bonds is 2. The second-order valence-corrected chi connectivity index (χ2v) is 2.93. The second kappa shape index (κ2) is 3.83. The van der Waals surface area contributed by atoms with E-state index in [1.165, 1.54) is 0 Å². The Hall–Kier alpha value is -0.410. The number of Topliss-reactive ketones (excluding diaryl/α,β-unsaturated/α-hetero) is 1. The van der Waals surface area contributed by atoms with Crippen LogP contribution in [0.5, 0.6) is 0 Å². The molecule has 0 amide bonds. The van der Waals surface area contributed by atoms with Gasteiger partial charge in [0.15, 0.2) is 0 Å². The van der Waals surface area contributed by atoms with E-state index in [4.69, 9.17) is 4.74 Å². The van der Waals surface area contributed by atoms with E-state index in [0.29, 0.717) is 0 Å². The molecular formula is C8H15NO2. The Morgan fingerprint density at radius 2 is 2.00 bits per heavy atom. The number of nitrogens with zero attached hydrogens (tertiary/aromatic N) is 1. The molecule has 0 aromatic carbocycles. The van der Waals surface area contributed by atoms with E-state index in [9.17, 15) is 4.79 Å². The summed E-state index contributed by atoms with van der Waals surface area (Å²) >= 11 is 0. The van der Waals surface area contributed by atoms with Crippen molar-refractivity contribution in [3.63, 3.8) is 0 Å². The lowest BCUT2D eigenvalue weighted by atomic mass is 10.2. The number of ketones is 1. The van der Waals surface area contributed by atoms with E-state index < -0.39 is 0 Å². The monoisotopic (exact) mass is 157 g/mol. The summed E-state index contributed by atoms with van der Waals surface area (Å²) in [6, 6.07) is 0.0684. The van der Waals surface area contributed by atoms with Crippen LogP contribution < -0.4 is 0 Å². The zero-order valence-electron chi connectivity index (χ0n) is 7.17. The van der Waals surface area contributed by atoms with Crippen molar-refractivity contribution in [3.05, 3.63) is 0 Å². The Morgan fingerprint density at radius 1 is 1.45 bits per heavy atom. The molecule has 3 heteroatoms. The molecule has 1 heterocycles. The van der Waals surface area contributed by atoms with Crippen LogP contribution in [0.4, 0.5) is 0 Å². The topological polar surface area (TPSA) is 29.5 Å². The molecule has 0 saturated carbocycles. The van der Waals surface area contributed by atoms with Crippen molar-refractivity contribution in [3.8, 4) is 0 Å². The van der Waals surface area contributed by atoms with Gasteiger partial charge in [0.2, 0.25) is 0 Å². The molecule has 0 aliphatic carbocycles. The first-order valence-electron chi connectivity index (χ1n) is 4.04. The number of hydrogen-bond donors (Lipinski definition) is 0. The van der Waals surface area contributed by atoms with Crippen LogP contribution in [-0.4, -0.2) is 43.0 Å². The van der Waals surface area contributed by atoms with Gasteiger partial charge in [0, 0.05) is 13.1 Å². The number of hydrogen-bond acceptors (Lipinski definition) is 3. The normalized spacial score (nSPS) is 23.1. The minimum absolute atomic E-state index is 0.0684. The van der Waals surface area contributed by atoms with Crippen LogP contribution in [0.2, 0.25) is 0 Å². The van der Waals surface area contributed by atoms with Crippen LogP contribution in [0.3, 0.4) is 0 Å². The third-order valence-electron chi connectivity index (χ3n) is 2.18. The zero-order valence-corrected chi connectivity index (χ0v) is 7.17. The lowest BCUT2D eigenvalue weighted by Gasteiger charge is -2.30. The molecule has 1 saturated heterocycles. The quantitative estimate of drug-likeness (QED) is 0.577. The lowest BCUT2D eigenvalue weighted by molar-refractivity contribution is -0.123. The molecule has 3 nitrogen and oxygen atoms in total. The van der Waals surface area contributed by atoms with Crippen molar-refractivity contribution >= 4 is 5.78 Å². The molecule has 0 N–H and O–H groups in total. The van der Waals surface area contributed by atoms with Crippen LogP contribution in [0.25, 0.3) is 0 Å². The summed E-state index contributed by atoms with van der Waals surface area (Å²) in [5, 5.41) is 0. The number of carbonyl (C=O) groups excluding carboxylic acids is 1. The number of carbonyl (C=O) groups is 1. The van der Waals surface area contributed by atoms with Gasteiger partial charge < -0.3 is 4.74 Å². The summed E-state index contributed by atoms with van der Waals surface area (Å²) in [5.74, 6) is 0.243. The van der Waals surface area contributed by atoms with Crippen LogP contribution in [-0.2, 0) is 9.53 Å². The Morgan fingerprint density at radius 3 is 2.45 bits per heavy atom. The summed E-state index contributed by atoms with van der Waals surface area (Å²) in [4.78, 5) is 13.1. The summed E-state index contributed by atoms with van der Waals surface area (Å²) < 4.78 is 5.18. The van der Waals surface area contributed by atoms with E-state index in [1.54, 1.807) is 6.92 Å². The van der Waals surface area contributed by atoms with Crippen molar-refractivity contribution in [1.29, 1.82) is 0 Å². The highest BCUT2D eigenvalue weighted by Crippen LogP contribution is 2.03. The van der Waals surface area contributed by atoms with Crippen LogP contribution in [0, 0.1) is 0 Å². The number of ether oxygens (including phenoxy) is 1. The van der Waals surface area contributed by atoms with Gasteiger partial charge in [-0.1, -0.05) is 0 Å². The third-order valence-corrected chi connectivity index (χ3v) is 2.18. The molecule has 0 radical (unpaired) electrons. The first-order chi connectivity index (χ1) is 5.22. The van der Waals surface area contributed by atoms with Crippen LogP contribution in [0.1, 0.15) is 13.8 Å². The minimum atomic E-state index is 0.0684. The molecule has 0 spiro atoms. The Kier molecular flexibility index (Phi) is 3.02. The molecule has 1 aliphatic rings. The van der Waals surface area contributed by atoms with Gasteiger partial charge in [0.05, 0.1) is 19.3 Å². The van der Waals surface area contributed by atoms with Gasteiger partial charge in [0.25, 0.3) is 0 Å². The predicted octanol–water partition coefficient (Wildman–Crippen LogP) is 0.296. The molecule has 1 aliphatic heterocycles. The maximum atomic E-state index is 11.0. The highest BCUT2D eigenvalue weighted by atomic mass is 16.5. The van der Waals surface area contributed by atoms with Crippen molar-refractivity contribution in [2.45, 2.75) is 19.9 Å². The molecule has 0 unspecified atom stereocenters. The smallest absolute Gasteiger partial charge is 0.146 e. The van der Waals surface area contributed by atoms with E-state index in [0.717, 1.165) is 26.3 Å². The third kappa shape index (κ3) is 2.27. The van der Waals surface area contributed by atoms with Gasteiger partial charge in [-0.2, -0.15) is 0 Å². The fourth-order valence-corrected chi connectivity index (χ4v) is 1.22.